The van der Waals surface area contributed by atoms with Crippen LogP contribution in [0.3, 0.4) is 0 Å². The number of rotatable bonds is 16. The fraction of sp³-hybridized carbons (Fsp3) is 0.370. The predicted molar refractivity (Wildman–Crippen MR) is 240 cm³/mol. The number of carbonyl (C=O) groups is 5. The average Bonchev–Trinajstić information content (AvgIpc) is 3.21. The Morgan fingerprint density at radius 3 is 1.63 bits per heavy atom. The molecule has 0 radical (unpaired) electrons. The second-order valence-electron chi connectivity index (χ2n) is 15.6. The van der Waals surface area contributed by atoms with E-state index < -0.39 is 36.0 Å². The van der Waals surface area contributed by atoms with Gasteiger partial charge in [-0.05, 0) is 93.4 Å². The van der Waals surface area contributed by atoms with Gasteiger partial charge in [-0.25, -0.2) is 19.2 Å². The number of nitrogens with zero attached hydrogens (tertiary/aromatic N) is 3. The number of nitrogens with two attached hydrogens (primary N) is 1. The maximum atomic E-state index is 12.8. The Hall–Kier alpha value is -7.17. The summed E-state index contributed by atoms with van der Waals surface area (Å²) in [5, 5.41) is 14.1. The molecule has 4 aromatic rings. The largest absolute Gasteiger partial charge is 0.494 e. The molecule has 5 N–H and O–H groups in total. The van der Waals surface area contributed by atoms with Gasteiger partial charge in [-0.1, -0.05) is 36.4 Å². The molecule has 0 fully saturated rings. The molecule has 5 amide bonds. The molecular formula is C46H60N6O11. The maximum absolute atomic E-state index is 12.8. The summed E-state index contributed by atoms with van der Waals surface area (Å²) in [5.74, 6) is 1.60. The first-order valence-electron chi connectivity index (χ1n) is 20.1. The van der Waals surface area contributed by atoms with Crippen LogP contribution in [0.1, 0.15) is 63.6 Å². The van der Waals surface area contributed by atoms with Gasteiger partial charge in [0.1, 0.15) is 28.6 Å². The van der Waals surface area contributed by atoms with Crippen LogP contribution in [0.2, 0.25) is 0 Å². The van der Waals surface area contributed by atoms with E-state index in [0.29, 0.717) is 71.6 Å². The molecule has 0 aliphatic carbocycles. The van der Waals surface area contributed by atoms with Crippen LogP contribution in [0, 0.1) is 0 Å². The molecule has 0 heterocycles. The molecule has 2 atom stereocenters. The Labute approximate surface area is 369 Å². The third-order valence-electron chi connectivity index (χ3n) is 8.86. The van der Waals surface area contributed by atoms with Crippen molar-refractivity contribution in [3.8, 4) is 23.0 Å². The van der Waals surface area contributed by atoms with Gasteiger partial charge in [0.2, 0.25) is 5.91 Å². The molecule has 63 heavy (non-hydrogen) atoms. The number of para-hydroxylation sites is 2. The number of carbonyl (C=O) groups excluding carboxylic acids is 4. The summed E-state index contributed by atoms with van der Waals surface area (Å²) in [6, 6.07) is 27.7. The van der Waals surface area contributed by atoms with Gasteiger partial charge in [0, 0.05) is 78.0 Å². The van der Waals surface area contributed by atoms with Crippen LogP contribution >= 0.6 is 0 Å². The van der Waals surface area contributed by atoms with Crippen molar-refractivity contribution in [2.24, 2.45) is 0 Å². The lowest BCUT2D eigenvalue weighted by Gasteiger charge is -2.32. The number of ether oxygens (including phenoxy) is 5. The maximum Gasteiger partial charge on any atom is 0.414 e. The van der Waals surface area contributed by atoms with Crippen LogP contribution in [0.5, 0.6) is 23.0 Å². The van der Waals surface area contributed by atoms with Crippen molar-refractivity contribution in [3.05, 3.63) is 108 Å². The van der Waals surface area contributed by atoms with Gasteiger partial charge in [0.05, 0.1) is 19.3 Å². The highest BCUT2D eigenvalue weighted by molar-refractivity contribution is 5.88. The van der Waals surface area contributed by atoms with Gasteiger partial charge in [0.15, 0.2) is 0 Å². The number of hydrogen-bond donors (Lipinski definition) is 4. The van der Waals surface area contributed by atoms with Crippen LogP contribution in [0.4, 0.5) is 30.6 Å². The Kier molecular flexibility index (Phi) is 19.4. The molecule has 17 nitrogen and oxygen atoms in total. The molecule has 0 bridgehead atoms. The van der Waals surface area contributed by atoms with Crippen molar-refractivity contribution in [1.82, 2.24) is 20.0 Å². The van der Waals surface area contributed by atoms with Crippen molar-refractivity contribution in [2.45, 2.75) is 58.1 Å². The van der Waals surface area contributed by atoms with E-state index in [4.69, 9.17) is 34.5 Å². The predicted octanol–water partition coefficient (Wildman–Crippen LogP) is 8.23. The highest BCUT2D eigenvalue weighted by atomic mass is 16.6. The van der Waals surface area contributed by atoms with E-state index in [1.165, 1.54) is 21.6 Å². The molecule has 0 aliphatic rings. The first-order chi connectivity index (χ1) is 29.7. The molecule has 0 aliphatic heterocycles. The van der Waals surface area contributed by atoms with Crippen LogP contribution in [-0.4, -0.2) is 111 Å². The lowest BCUT2D eigenvalue weighted by molar-refractivity contribution is -0.114. The Morgan fingerprint density at radius 2 is 1.14 bits per heavy atom. The molecule has 0 saturated carbocycles. The number of hydrogen-bond acceptors (Lipinski definition) is 11. The molecule has 0 saturated heterocycles. The number of benzene rings is 4. The Bertz CT molecular complexity index is 2110. The lowest BCUT2D eigenvalue weighted by Crippen LogP contribution is -2.37. The van der Waals surface area contributed by atoms with Gasteiger partial charge in [-0.2, -0.15) is 0 Å². The lowest BCUT2D eigenvalue weighted by atomic mass is 9.95. The number of nitrogen functional groups attached to an aromatic ring is 1. The molecule has 4 aromatic carbocycles. The molecule has 340 valence electrons. The SMILES string of the molecule is CC(=O)Nc1ccc(OCCC(CNC(=O)O)c2ccccc2OC(=O)N(C)C)cc1.CN(C)C(=O)Oc1ccccc1C(CCOc1ccc(N)cc1)N(C)C(=O)OC(C)(C)C. The van der Waals surface area contributed by atoms with Gasteiger partial charge in [-0.3, -0.25) is 4.79 Å². The fourth-order valence-electron chi connectivity index (χ4n) is 5.74. The van der Waals surface area contributed by atoms with Gasteiger partial charge in [0.25, 0.3) is 0 Å². The van der Waals surface area contributed by atoms with E-state index in [0.717, 1.165) is 0 Å². The topological polar surface area (TPSA) is 212 Å². The minimum atomic E-state index is -1.14. The zero-order chi connectivity index (χ0) is 46.7. The Balaban J connectivity index is 0.000000335. The van der Waals surface area contributed by atoms with E-state index in [1.807, 2.05) is 32.9 Å². The minimum Gasteiger partial charge on any atom is -0.494 e. The van der Waals surface area contributed by atoms with Gasteiger partial charge < -0.3 is 59.9 Å². The summed E-state index contributed by atoms with van der Waals surface area (Å²) in [7, 11) is 8.04. The van der Waals surface area contributed by atoms with Crippen LogP contribution in [0.15, 0.2) is 97.1 Å². The van der Waals surface area contributed by atoms with Crippen molar-refractivity contribution in [2.75, 3.05) is 66.0 Å². The standard InChI is InChI=1S/C24H33N3O5.C22H27N3O6/c1-24(2,3)32-23(29)27(6)20(15-16-30-18-13-11-17(25)12-14-18)19-9-7-8-10-21(19)31-22(28)26(4)5;1-15(26)24-17-8-10-18(11-9-17)30-13-12-16(14-23-21(27)28)19-6-4-5-7-20(19)31-22(29)25(2)3/h7-14,20H,15-16,25H2,1-6H3;4-11,16,23H,12-14H2,1-3H3,(H,24,26)(H,27,28). The first kappa shape index (κ1) is 50.2. The second kappa shape index (κ2) is 24.3. The molecule has 4 rings (SSSR count). The van der Waals surface area contributed by atoms with Crippen molar-refractivity contribution >= 4 is 41.7 Å². The minimum absolute atomic E-state index is 0.136. The van der Waals surface area contributed by atoms with E-state index in [-0.39, 0.29) is 18.4 Å². The molecule has 2 unspecified atom stereocenters. The summed E-state index contributed by atoms with van der Waals surface area (Å²) >= 11 is 0. The first-order valence-corrected chi connectivity index (χ1v) is 20.1. The monoisotopic (exact) mass is 872 g/mol. The second-order valence-corrected chi connectivity index (χ2v) is 15.6. The van der Waals surface area contributed by atoms with E-state index in [9.17, 15) is 24.0 Å². The number of carboxylic acid groups (broad SMARTS) is 1. The highest BCUT2D eigenvalue weighted by Crippen LogP contribution is 2.33. The van der Waals surface area contributed by atoms with E-state index >= 15 is 0 Å². The number of amides is 5. The molecule has 0 spiro atoms. The van der Waals surface area contributed by atoms with Crippen molar-refractivity contribution in [3.63, 3.8) is 0 Å². The quantitative estimate of drug-likeness (QED) is 0.0785. The molecule has 17 heteroatoms. The van der Waals surface area contributed by atoms with E-state index in [1.54, 1.807) is 120 Å². The normalized spacial score (nSPS) is 11.6. The summed E-state index contributed by atoms with van der Waals surface area (Å²) in [6.07, 6.45) is -1.73. The third-order valence-corrected chi connectivity index (χ3v) is 8.86. The fourth-order valence-corrected chi connectivity index (χ4v) is 5.74. The zero-order valence-electron chi connectivity index (χ0n) is 37.4. The van der Waals surface area contributed by atoms with Gasteiger partial charge >= 0.3 is 24.4 Å². The molecular weight excluding hydrogens is 813 g/mol. The number of anilines is 2. The smallest absolute Gasteiger partial charge is 0.414 e. The summed E-state index contributed by atoms with van der Waals surface area (Å²) in [6.45, 7) is 7.62. The van der Waals surface area contributed by atoms with Crippen molar-refractivity contribution in [1.29, 1.82) is 0 Å². The third kappa shape index (κ3) is 17.8. The summed E-state index contributed by atoms with van der Waals surface area (Å²) < 4.78 is 28.2. The van der Waals surface area contributed by atoms with Crippen LogP contribution in [-0.2, 0) is 9.53 Å². The van der Waals surface area contributed by atoms with Crippen LogP contribution in [0.25, 0.3) is 0 Å². The van der Waals surface area contributed by atoms with E-state index in [2.05, 4.69) is 10.6 Å². The van der Waals surface area contributed by atoms with Crippen molar-refractivity contribution < 1.29 is 52.8 Å². The number of nitrogens with one attached hydrogen (secondary N) is 2. The highest BCUT2D eigenvalue weighted by Gasteiger charge is 2.29. The summed E-state index contributed by atoms with van der Waals surface area (Å²) in [5.41, 5.74) is 7.78. The average molecular weight is 873 g/mol. The molecule has 0 aromatic heterocycles. The zero-order valence-corrected chi connectivity index (χ0v) is 37.4. The Morgan fingerprint density at radius 1 is 0.667 bits per heavy atom. The summed E-state index contributed by atoms with van der Waals surface area (Å²) in [4.78, 5) is 63.3. The van der Waals surface area contributed by atoms with Crippen LogP contribution < -0.4 is 35.3 Å². The van der Waals surface area contributed by atoms with Gasteiger partial charge in [-0.15, -0.1) is 0 Å².